The molecule has 1 fully saturated rings. The van der Waals surface area contributed by atoms with Gasteiger partial charge < -0.3 is 10.1 Å². The van der Waals surface area contributed by atoms with Crippen LogP contribution in [-0.2, 0) is 21.6 Å². The molecule has 0 unspecified atom stereocenters. The Kier molecular flexibility index (Phi) is 4.77. The van der Waals surface area contributed by atoms with Gasteiger partial charge in [0.05, 0.1) is 5.41 Å². The van der Waals surface area contributed by atoms with E-state index in [0.717, 1.165) is 30.6 Å². The summed E-state index contributed by atoms with van der Waals surface area (Å²) in [5, 5.41) is 3.38. The molecule has 1 saturated heterocycles. The molecule has 3 nitrogen and oxygen atoms in total. The predicted octanol–water partition coefficient (Wildman–Crippen LogP) is 3.30. The maximum Gasteiger partial charge on any atom is 0.317 e. The van der Waals surface area contributed by atoms with Crippen LogP contribution in [0.3, 0.4) is 0 Å². The summed E-state index contributed by atoms with van der Waals surface area (Å²) in [6.07, 6.45) is 0.770. The topological polar surface area (TPSA) is 38.3 Å². The van der Waals surface area contributed by atoms with Gasteiger partial charge in [0, 0.05) is 0 Å². The zero-order valence-corrected chi connectivity index (χ0v) is 13.5. The van der Waals surface area contributed by atoms with Crippen LogP contribution in [0.2, 0.25) is 0 Å². The Balaban J connectivity index is 1.85. The number of ether oxygens (including phenoxy) is 1. The standard InChI is InChI=1S/C20H23NO2/c1-16-14-21-13-12-20(16,18-10-6-3-7-11-18)19(22)23-15-17-8-4-2-5-9-17/h2-11,16,21H,12-15H2,1H3/t16-,20-/m1/s1. The lowest BCUT2D eigenvalue weighted by molar-refractivity contribution is -0.155. The zero-order chi connectivity index (χ0) is 16.1. The van der Waals surface area contributed by atoms with E-state index in [-0.39, 0.29) is 11.9 Å². The lowest BCUT2D eigenvalue weighted by Crippen LogP contribution is -2.52. The maximum absolute atomic E-state index is 13.1. The van der Waals surface area contributed by atoms with Crippen molar-refractivity contribution >= 4 is 5.97 Å². The molecular weight excluding hydrogens is 286 g/mol. The molecule has 3 heteroatoms. The minimum atomic E-state index is -0.554. The second-order valence-corrected chi connectivity index (χ2v) is 6.25. The van der Waals surface area contributed by atoms with Crippen molar-refractivity contribution in [2.24, 2.45) is 5.92 Å². The molecule has 0 bridgehead atoms. The van der Waals surface area contributed by atoms with Gasteiger partial charge in [0.25, 0.3) is 0 Å². The molecular formula is C20H23NO2. The minimum absolute atomic E-state index is 0.110. The fourth-order valence-electron chi connectivity index (χ4n) is 3.46. The summed E-state index contributed by atoms with van der Waals surface area (Å²) >= 11 is 0. The second kappa shape index (κ2) is 6.97. The highest BCUT2D eigenvalue weighted by molar-refractivity contribution is 5.84. The second-order valence-electron chi connectivity index (χ2n) is 6.25. The summed E-state index contributed by atoms with van der Waals surface area (Å²) in [6.45, 7) is 4.12. The Labute approximate surface area is 137 Å². The van der Waals surface area contributed by atoms with Gasteiger partial charge in [-0.05, 0) is 36.6 Å². The van der Waals surface area contributed by atoms with E-state index in [2.05, 4.69) is 12.2 Å². The first-order chi connectivity index (χ1) is 11.2. The summed E-state index contributed by atoms with van der Waals surface area (Å²) in [5.41, 5.74) is 1.53. The van der Waals surface area contributed by atoms with Crippen LogP contribution in [0.4, 0.5) is 0 Å². The van der Waals surface area contributed by atoms with Crippen molar-refractivity contribution in [3.63, 3.8) is 0 Å². The van der Waals surface area contributed by atoms with Crippen molar-refractivity contribution in [1.29, 1.82) is 0 Å². The summed E-state index contributed by atoms with van der Waals surface area (Å²) < 4.78 is 5.73. The molecule has 0 radical (unpaired) electrons. The monoisotopic (exact) mass is 309 g/mol. The van der Waals surface area contributed by atoms with Gasteiger partial charge in [-0.2, -0.15) is 0 Å². The number of esters is 1. The summed E-state index contributed by atoms with van der Waals surface area (Å²) in [4.78, 5) is 13.1. The summed E-state index contributed by atoms with van der Waals surface area (Å²) in [6, 6.07) is 19.9. The number of carbonyl (C=O) groups excluding carboxylic acids is 1. The Morgan fingerprint density at radius 1 is 1.13 bits per heavy atom. The summed E-state index contributed by atoms with van der Waals surface area (Å²) in [5.74, 6) is 0.0866. The van der Waals surface area contributed by atoms with Crippen LogP contribution in [0.25, 0.3) is 0 Å². The lowest BCUT2D eigenvalue weighted by Gasteiger charge is -2.41. The molecule has 0 spiro atoms. The number of benzene rings is 2. The molecule has 1 aliphatic rings. The number of rotatable bonds is 4. The third-order valence-electron chi connectivity index (χ3n) is 4.85. The van der Waals surface area contributed by atoms with Gasteiger partial charge >= 0.3 is 5.97 Å². The van der Waals surface area contributed by atoms with Gasteiger partial charge in [-0.25, -0.2) is 0 Å². The third kappa shape index (κ3) is 3.15. The van der Waals surface area contributed by atoms with E-state index >= 15 is 0 Å². The molecule has 0 amide bonds. The molecule has 0 aromatic heterocycles. The Morgan fingerprint density at radius 3 is 2.43 bits per heavy atom. The van der Waals surface area contributed by atoms with Crippen LogP contribution in [0.5, 0.6) is 0 Å². The Hall–Kier alpha value is -2.13. The molecule has 1 aliphatic heterocycles. The number of piperidine rings is 1. The lowest BCUT2D eigenvalue weighted by atomic mass is 9.67. The SMILES string of the molecule is C[C@@H]1CNCC[C@]1(C(=O)OCc1ccccc1)c1ccccc1. The van der Waals surface area contributed by atoms with Gasteiger partial charge in [0.1, 0.15) is 6.61 Å². The van der Waals surface area contributed by atoms with E-state index < -0.39 is 5.41 Å². The van der Waals surface area contributed by atoms with Crippen molar-refractivity contribution in [2.75, 3.05) is 13.1 Å². The molecule has 2 aromatic rings. The number of nitrogens with one attached hydrogen (secondary N) is 1. The zero-order valence-electron chi connectivity index (χ0n) is 13.5. The van der Waals surface area contributed by atoms with E-state index in [1.807, 2.05) is 60.7 Å². The quantitative estimate of drug-likeness (QED) is 0.881. The van der Waals surface area contributed by atoms with Crippen LogP contribution >= 0.6 is 0 Å². The number of hydrogen-bond acceptors (Lipinski definition) is 3. The first-order valence-electron chi connectivity index (χ1n) is 8.21. The highest BCUT2D eigenvalue weighted by atomic mass is 16.5. The number of hydrogen-bond donors (Lipinski definition) is 1. The molecule has 120 valence electrons. The van der Waals surface area contributed by atoms with Gasteiger partial charge in [-0.3, -0.25) is 4.79 Å². The fraction of sp³-hybridized carbons (Fsp3) is 0.350. The van der Waals surface area contributed by atoms with Crippen molar-refractivity contribution < 1.29 is 9.53 Å². The summed E-state index contributed by atoms with van der Waals surface area (Å²) in [7, 11) is 0. The van der Waals surface area contributed by atoms with Gasteiger partial charge in [0.2, 0.25) is 0 Å². The largest absolute Gasteiger partial charge is 0.460 e. The normalized spacial score (nSPS) is 24.1. The van der Waals surface area contributed by atoms with E-state index in [4.69, 9.17) is 4.74 Å². The first-order valence-corrected chi connectivity index (χ1v) is 8.21. The number of carbonyl (C=O) groups is 1. The van der Waals surface area contributed by atoms with E-state index in [0.29, 0.717) is 6.61 Å². The molecule has 2 aromatic carbocycles. The van der Waals surface area contributed by atoms with Crippen LogP contribution in [-0.4, -0.2) is 19.1 Å². The predicted molar refractivity (Wildman–Crippen MR) is 91.0 cm³/mol. The van der Waals surface area contributed by atoms with Crippen molar-refractivity contribution in [3.8, 4) is 0 Å². The van der Waals surface area contributed by atoms with Crippen molar-refractivity contribution in [2.45, 2.75) is 25.4 Å². The van der Waals surface area contributed by atoms with Gasteiger partial charge in [-0.15, -0.1) is 0 Å². The van der Waals surface area contributed by atoms with Gasteiger partial charge in [0.15, 0.2) is 0 Å². The molecule has 1 heterocycles. The van der Waals surface area contributed by atoms with E-state index in [1.165, 1.54) is 0 Å². The van der Waals surface area contributed by atoms with Crippen molar-refractivity contribution in [1.82, 2.24) is 5.32 Å². The van der Waals surface area contributed by atoms with E-state index in [1.54, 1.807) is 0 Å². The Bertz CT molecular complexity index is 641. The van der Waals surface area contributed by atoms with E-state index in [9.17, 15) is 4.79 Å². The van der Waals surface area contributed by atoms with Crippen LogP contribution < -0.4 is 5.32 Å². The van der Waals surface area contributed by atoms with Crippen LogP contribution in [0.15, 0.2) is 60.7 Å². The molecule has 3 rings (SSSR count). The average molecular weight is 309 g/mol. The molecule has 1 N–H and O–H groups in total. The van der Waals surface area contributed by atoms with Crippen LogP contribution in [0, 0.1) is 5.92 Å². The average Bonchev–Trinajstić information content (AvgIpc) is 2.62. The molecule has 0 aliphatic carbocycles. The third-order valence-corrected chi connectivity index (χ3v) is 4.85. The molecule has 2 atom stereocenters. The first kappa shape index (κ1) is 15.8. The molecule has 0 saturated carbocycles. The maximum atomic E-state index is 13.1. The smallest absolute Gasteiger partial charge is 0.317 e. The highest BCUT2D eigenvalue weighted by Gasteiger charge is 2.47. The van der Waals surface area contributed by atoms with Gasteiger partial charge in [-0.1, -0.05) is 67.6 Å². The van der Waals surface area contributed by atoms with Crippen molar-refractivity contribution in [3.05, 3.63) is 71.8 Å². The fourth-order valence-corrected chi connectivity index (χ4v) is 3.46. The van der Waals surface area contributed by atoms with Crippen LogP contribution in [0.1, 0.15) is 24.5 Å². The Morgan fingerprint density at radius 2 is 1.78 bits per heavy atom. The highest BCUT2D eigenvalue weighted by Crippen LogP contribution is 2.39. The molecule has 23 heavy (non-hydrogen) atoms. The minimum Gasteiger partial charge on any atom is -0.460 e.